The Labute approximate surface area is 124 Å². The van der Waals surface area contributed by atoms with Crippen molar-refractivity contribution in [1.82, 2.24) is 5.32 Å². The molecule has 0 aliphatic heterocycles. The maximum Gasteiger partial charge on any atom is 0.251 e. The summed E-state index contributed by atoms with van der Waals surface area (Å²) in [7, 11) is -2.59. The molecule has 0 saturated heterocycles. The van der Waals surface area contributed by atoms with Crippen molar-refractivity contribution in [2.45, 2.75) is 31.1 Å². The predicted octanol–water partition coefficient (Wildman–Crippen LogP) is 1.26. The van der Waals surface area contributed by atoms with E-state index in [1.807, 2.05) is 0 Å². The van der Waals surface area contributed by atoms with E-state index in [9.17, 15) is 13.2 Å². The van der Waals surface area contributed by atoms with E-state index < -0.39 is 10.0 Å². The Morgan fingerprint density at radius 3 is 2.57 bits per heavy atom. The number of benzene rings is 1. The summed E-state index contributed by atoms with van der Waals surface area (Å²) in [6, 6.07) is 4.20. The van der Waals surface area contributed by atoms with Gasteiger partial charge in [-0.2, -0.15) is 0 Å². The highest BCUT2D eigenvalue weighted by molar-refractivity contribution is 7.89. The first kappa shape index (κ1) is 15.8. The lowest BCUT2D eigenvalue weighted by molar-refractivity contribution is 0.0944. The number of methoxy groups -OCH3 is 1. The van der Waals surface area contributed by atoms with E-state index in [1.165, 1.54) is 25.3 Å². The molecule has 0 radical (unpaired) electrons. The van der Waals surface area contributed by atoms with Crippen molar-refractivity contribution in [3.63, 3.8) is 0 Å². The minimum atomic E-state index is -3.94. The summed E-state index contributed by atoms with van der Waals surface area (Å²) in [6.45, 7) is 2.71. The van der Waals surface area contributed by atoms with Gasteiger partial charge >= 0.3 is 0 Å². The van der Waals surface area contributed by atoms with Gasteiger partial charge in [0.1, 0.15) is 10.6 Å². The van der Waals surface area contributed by atoms with Crippen molar-refractivity contribution in [3.05, 3.63) is 23.8 Å². The molecular weight excluding hydrogens is 292 g/mol. The van der Waals surface area contributed by atoms with Crippen molar-refractivity contribution in [2.75, 3.05) is 13.7 Å². The number of hydrogen-bond donors (Lipinski definition) is 2. The van der Waals surface area contributed by atoms with Gasteiger partial charge in [-0.05, 0) is 42.9 Å². The molecule has 0 unspecified atom stereocenters. The molecule has 0 bridgehead atoms. The zero-order chi connectivity index (χ0) is 15.7. The number of amides is 1. The van der Waals surface area contributed by atoms with Crippen LogP contribution < -0.4 is 15.2 Å². The van der Waals surface area contributed by atoms with Gasteiger partial charge in [-0.15, -0.1) is 0 Å². The van der Waals surface area contributed by atoms with E-state index in [1.54, 1.807) is 0 Å². The second kappa shape index (κ2) is 5.65. The fourth-order valence-corrected chi connectivity index (χ4v) is 2.97. The first-order chi connectivity index (χ1) is 9.81. The SMILES string of the molecule is CCC1(CNC(=O)c2ccc(OC)c(S(N)(=O)=O)c2)CC1. The van der Waals surface area contributed by atoms with Gasteiger partial charge < -0.3 is 10.1 Å². The van der Waals surface area contributed by atoms with Gasteiger partial charge in [-0.1, -0.05) is 6.92 Å². The highest BCUT2D eigenvalue weighted by atomic mass is 32.2. The lowest BCUT2D eigenvalue weighted by atomic mass is 10.0. The molecule has 1 saturated carbocycles. The Bertz CT molecular complexity index is 651. The third-order valence-corrected chi connectivity index (χ3v) is 5.00. The fraction of sp³-hybridized carbons (Fsp3) is 0.500. The topological polar surface area (TPSA) is 98.5 Å². The highest BCUT2D eigenvalue weighted by Gasteiger charge is 2.40. The van der Waals surface area contributed by atoms with E-state index in [0.717, 1.165) is 19.3 Å². The van der Waals surface area contributed by atoms with Crippen molar-refractivity contribution in [2.24, 2.45) is 10.6 Å². The number of carbonyl (C=O) groups is 1. The molecule has 3 N–H and O–H groups in total. The van der Waals surface area contributed by atoms with Crippen LogP contribution in [0.3, 0.4) is 0 Å². The third kappa shape index (κ3) is 3.54. The zero-order valence-electron chi connectivity index (χ0n) is 12.2. The molecule has 1 fully saturated rings. The molecule has 2 rings (SSSR count). The first-order valence-corrected chi connectivity index (χ1v) is 8.35. The monoisotopic (exact) mass is 312 g/mol. The van der Waals surface area contributed by atoms with Crippen LogP contribution in [0.2, 0.25) is 0 Å². The summed E-state index contributed by atoms with van der Waals surface area (Å²) in [4.78, 5) is 11.9. The van der Waals surface area contributed by atoms with Crippen LogP contribution >= 0.6 is 0 Å². The van der Waals surface area contributed by atoms with Gasteiger partial charge in [0.05, 0.1) is 7.11 Å². The van der Waals surface area contributed by atoms with Crippen molar-refractivity contribution >= 4 is 15.9 Å². The molecule has 0 spiro atoms. The minimum absolute atomic E-state index is 0.126. The largest absolute Gasteiger partial charge is 0.495 e. The number of hydrogen-bond acceptors (Lipinski definition) is 4. The molecule has 0 aromatic heterocycles. The van der Waals surface area contributed by atoms with Crippen LogP contribution in [0.4, 0.5) is 0 Å². The zero-order valence-corrected chi connectivity index (χ0v) is 13.0. The second-order valence-electron chi connectivity index (χ2n) is 5.45. The van der Waals surface area contributed by atoms with Gasteiger partial charge in [0, 0.05) is 12.1 Å². The molecule has 1 aliphatic carbocycles. The number of carbonyl (C=O) groups excluding carboxylic acids is 1. The van der Waals surface area contributed by atoms with E-state index in [4.69, 9.17) is 9.88 Å². The van der Waals surface area contributed by atoms with E-state index in [-0.39, 0.29) is 27.5 Å². The standard InChI is InChI=1S/C14H20N2O4S/c1-3-14(6-7-14)9-16-13(17)10-4-5-11(20-2)12(8-10)21(15,18)19/h4-5,8H,3,6-7,9H2,1-2H3,(H,16,17)(H2,15,18,19). The maximum atomic E-state index is 12.1. The summed E-state index contributed by atoms with van der Waals surface area (Å²) in [5.41, 5.74) is 0.483. The fourth-order valence-electron chi connectivity index (χ4n) is 2.24. The van der Waals surface area contributed by atoms with E-state index in [0.29, 0.717) is 6.54 Å². The lowest BCUT2D eigenvalue weighted by Crippen LogP contribution is -2.30. The molecule has 1 aromatic rings. The number of nitrogens with one attached hydrogen (secondary N) is 1. The second-order valence-corrected chi connectivity index (χ2v) is 6.98. The summed E-state index contributed by atoms with van der Waals surface area (Å²) >= 11 is 0. The van der Waals surface area contributed by atoms with Gasteiger partial charge in [0.25, 0.3) is 5.91 Å². The van der Waals surface area contributed by atoms with Crippen LogP contribution in [0.1, 0.15) is 36.5 Å². The highest BCUT2D eigenvalue weighted by Crippen LogP contribution is 2.47. The first-order valence-electron chi connectivity index (χ1n) is 6.80. The van der Waals surface area contributed by atoms with Crippen LogP contribution in [0, 0.1) is 5.41 Å². The Morgan fingerprint density at radius 1 is 1.43 bits per heavy atom. The molecule has 1 aliphatic rings. The molecule has 0 atom stereocenters. The molecule has 1 amide bonds. The Morgan fingerprint density at radius 2 is 2.10 bits per heavy atom. The van der Waals surface area contributed by atoms with Gasteiger partial charge in [0.2, 0.25) is 10.0 Å². The molecule has 6 nitrogen and oxygen atoms in total. The summed E-state index contributed by atoms with van der Waals surface area (Å²) < 4.78 is 28.0. The van der Waals surface area contributed by atoms with Gasteiger partial charge in [0.15, 0.2) is 0 Å². The number of rotatable bonds is 6. The Balaban J connectivity index is 2.18. The number of sulfonamides is 1. The Kier molecular flexibility index (Phi) is 4.25. The summed E-state index contributed by atoms with van der Waals surface area (Å²) in [5, 5.41) is 7.99. The van der Waals surface area contributed by atoms with Crippen molar-refractivity contribution in [1.29, 1.82) is 0 Å². The van der Waals surface area contributed by atoms with Gasteiger partial charge in [-0.3, -0.25) is 4.79 Å². The average Bonchev–Trinajstić information content (AvgIpc) is 3.24. The molecular formula is C14H20N2O4S. The lowest BCUT2D eigenvalue weighted by Gasteiger charge is -2.14. The molecule has 7 heteroatoms. The number of primary sulfonamides is 1. The summed E-state index contributed by atoms with van der Waals surface area (Å²) in [6.07, 6.45) is 3.27. The maximum absolute atomic E-state index is 12.1. The van der Waals surface area contributed by atoms with Crippen LogP contribution in [-0.2, 0) is 10.0 Å². The number of nitrogens with two attached hydrogens (primary N) is 1. The quantitative estimate of drug-likeness (QED) is 0.826. The Hall–Kier alpha value is -1.60. The third-order valence-electron chi connectivity index (χ3n) is 4.06. The molecule has 116 valence electrons. The minimum Gasteiger partial charge on any atom is -0.495 e. The smallest absolute Gasteiger partial charge is 0.251 e. The van der Waals surface area contributed by atoms with Crippen LogP contribution in [0.15, 0.2) is 23.1 Å². The van der Waals surface area contributed by atoms with Crippen molar-refractivity contribution < 1.29 is 17.9 Å². The molecule has 1 aromatic carbocycles. The summed E-state index contributed by atoms with van der Waals surface area (Å²) in [5.74, 6) is -0.177. The van der Waals surface area contributed by atoms with E-state index in [2.05, 4.69) is 12.2 Å². The van der Waals surface area contributed by atoms with Crippen LogP contribution in [0.25, 0.3) is 0 Å². The van der Waals surface area contributed by atoms with Crippen LogP contribution in [0.5, 0.6) is 5.75 Å². The number of ether oxygens (including phenoxy) is 1. The van der Waals surface area contributed by atoms with Crippen molar-refractivity contribution in [3.8, 4) is 5.75 Å². The molecule has 21 heavy (non-hydrogen) atoms. The average molecular weight is 312 g/mol. The van der Waals surface area contributed by atoms with E-state index >= 15 is 0 Å². The molecule has 0 heterocycles. The normalized spacial score (nSPS) is 16.3. The van der Waals surface area contributed by atoms with Crippen LogP contribution in [-0.4, -0.2) is 28.0 Å². The van der Waals surface area contributed by atoms with Gasteiger partial charge in [-0.25, -0.2) is 13.6 Å². The predicted molar refractivity (Wildman–Crippen MR) is 78.7 cm³/mol.